The highest BCUT2D eigenvalue weighted by Gasteiger charge is 2.32. The van der Waals surface area contributed by atoms with Crippen molar-refractivity contribution in [3.05, 3.63) is 0 Å². The molecule has 1 aliphatic heterocycles. The van der Waals surface area contributed by atoms with E-state index in [2.05, 4.69) is 36.4 Å². The van der Waals surface area contributed by atoms with Gasteiger partial charge in [-0.2, -0.15) is 0 Å². The van der Waals surface area contributed by atoms with E-state index in [1.54, 1.807) is 0 Å². The van der Waals surface area contributed by atoms with Gasteiger partial charge in [-0.25, -0.2) is 0 Å². The second-order valence-electron chi connectivity index (χ2n) is 4.10. The Labute approximate surface area is 84.9 Å². The molecule has 0 radical (unpaired) electrons. The third-order valence-corrected chi connectivity index (χ3v) is 4.25. The summed E-state index contributed by atoms with van der Waals surface area (Å²) >= 11 is 2.71. The summed E-state index contributed by atoms with van der Waals surface area (Å²) < 4.78 is 0.671. The van der Waals surface area contributed by atoms with Crippen LogP contribution in [0.3, 0.4) is 0 Å². The van der Waals surface area contributed by atoms with Crippen LogP contribution in [0.5, 0.6) is 0 Å². The molecule has 2 unspecified atom stereocenters. The fraction of sp³-hybridized carbons (Fsp3) is 1.00. The molecule has 0 aliphatic carbocycles. The molecule has 11 heavy (non-hydrogen) atoms. The maximum Gasteiger partial charge on any atom is 0.143 e. The highest BCUT2D eigenvalue weighted by molar-refractivity contribution is 14.1. The van der Waals surface area contributed by atoms with E-state index in [-0.39, 0.29) is 0 Å². The molecule has 0 amide bonds. The van der Waals surface area contributed by atoms with Crippen molar-refractivity contribution in [2.75, 3.05) is 0 Å². The van der Waals surface area contributed by atoms with Crippen molar-refractivity contribution in [3.63, 3.8) is 0 Å². The monoisotopic (exact) mass is 264 g/mol. The zero-order valence-electron chi connectivity index (χ0n) is 7.70. The Morgan fingerprint density at radius 1 is 1.64 bits per heavy atom. The Bertz CT molecular complexity index is 123. The Balaban J connectivity index is 2.41. The fourth-order valence-corrected chi connectivity index (χ4v) is 3.94. The number of rotatable bonds is 2. The lowest BCUT2D eigenvalue weighted by molar-refractivity contribution is 0.547. The van der Waals surface area contributed by atoms with E-state index in [0.29, 0.717) is 3.32 Å². The average Bonchev–Trinajstić information content (AvgIpc) is 1.86. The third-order valence-electron chi connectivity index (χ3n) is 2.73. The molecule has 0 aromatic heterocycles. The number of halogens is 1. The molecule has 0 nitrogen and oxygen atoms in total. The Hall–Kier alpha value is 0.795. The van der Waals surface area contributed by atoms with Gasteiger partial charge < -0.3 is 0 Å². The summed E-state index contributed by atoms with van der Waals surface area (Å²) in [5, 5.41) is 0. The molecule has 0 aromatic carbocycles. The van der Waals surface area contributed by atoms with Gasteiger partial charge in [-0.3, -0.25) is 0 Å². The van der Waals surface area contributed by atoms with Crippen LogP contribution in [0, 0.1) is 0 Å². The normalized spacial score (nSPS) is 38.3. The van der Waals surface area contributed by atoms with Gasteiger partial charge in [0.1, 0.15) is 7.28 Å². The lowest BCUT2D eigenvalue weighted by Gasteiger charge is -2.34. The van der Waals surface area contributed by atoms with Gasteiger partial charge in [0.15, 0.2) is 0 Å². The standard InChI is InChI=1S/C9H18BI/c1-3-6-9(11)7-4-5-8(2)10-9/h8,10H,3-7H2,1-2H3. The Morgan fingerprint density at radius 2 is 2.36 bits per heavy atom. The number of alkyl halides is 1. The van der Waals surface area contributed by atoms with Gasteiger partial charge in [-0.05, 0) is 16.2 Å². The molecule has 0 saturated carbocycles. The molecule has 2 atom stereocenters. The van der Waals surface area contributed by atoms with Crippen LogP contribution in [0.4, 0.5) is 0 Å². The number of hydrogen-bond acceptors (Lipinski definition) is 0. The van der Waals surface area contributed by atoms with Crippen molar-refractivity contribution in [2.45, 2.75) is 55.1 Å². The van der Waals surface area contributed by atoms with Crippen LogP contribution in [0.15, 0.2) is 0 Å². The topological polar surface area (TPSA) is 0 Å². The smallest absolute Gasteiger partial charge is 0.0883 e. The molecule has 1 saturated heterocycles. The number of hydrogen-bond donors (Lipinski definition) is 0. The van der Waals surface area contributed by atoms with E-state index in [1.165, 1.54) is 39.4 Å². The van der Waals surface area contributed by atoms with Gasteiger partial charge in [0.05, 0.1) is 0 Å². The van der Waals surface area contributed by atoms with Gasteiger partial charge >= 0.3 is 0 Å². The van der Waals surface area contributed by atoms with Crippen LogP contribution in [-0.4, -0.2) is 10.6 Å². The van der Waals surface area contributed by atoms with Crippen molar-refractivity contribution in [1.82, 2.24) is 0 Å². The zero-order valence-corrected chi connectivity index (χ0v) is 9.86. The molecule has 0 N–H and O–H groups in total. The maximum atomic E-state index is 2.71. The molecule has 1 rings (SSSR count). The minimum atomic E-state index is 0.671. The second kappa shape index (κ2) is 4.15. The summed E-state index contributed by atoms with van der Waals surface area (Å²) in [6.07, 6.45) is 7.18. The summed E-state index contributed by atoms with van der Waals surface area (Å²) in [6.45, 7) is 4.71. The largest absolute Gasteiger partial charge is 0.143 e. The SMILES string of the molecule is CCCC1(I)BC(C)CCC1. The van der Waals surface area contributed by atoms with Crippen molar-refractivity contribution in [1.29, 1.82) is 0 Å². The van der Waals surface area contributed by atoms with Crippen molar-refractivity contribution < 1.29 is 0 Å². The molecule has 1 fully saturated rings. The van der Waals surface area contributed by atoms with Crippen LogP contribution in [0.25, 0.3) is 0 Å². The first-order valence-electron chi connectivity index (χ1n) is 4.85. The molecule has 1 aliphatic rings. The van der Waals surface area contributed by atoms with Crippen LogP contribution in [-0.2, 0) is 0 Å². The van der Waals surface area contributed by atoms with E-state index in [4.69, 9.17) is 0 Å². The molecular formula is C9H18BI. The molecule has 1 heterocycles. The fourth-order valence-electron chi connectivity index (χ4n) is 2.27. The highest BCUT2D eigenvalue weighted by Crippen LogP contribution is 2.38. The minimum absolute atomic E-state index is 0.671. The van der Waals surface area contributed by atoms with Crippen LogP contribution < -0.4 is 0 Å². The van der Waals surface area contributed by atoms with Gasteiger partial charge in [0.2, 0.25) is 0 Å². The summed E-state index contributed by atoms with van der Waals surface area (Å²) in [5.74, 6) is 0.979. The molecule has 64 valence electrons. The molecular weight excluding hydrogens is 246 g/mol. The highest BCUT2D eigenvalue weighted by atomic mass is 127. The van der Waals surface area contributed by atoms with E-state index in [0.717, 1.165) is 5.82 Å². The average molecular weight is 264 g/mol. The molecule has 0 bridgehead atoms. The van der Waals surface area contributed by atoms with E-state index >= 15 is 0 Å². The van der Waals surface area contributed by atoms with E-state index in [9.17, 15) is 0 Å². The summed E-state index contributed by atoms with van der Waals surface area (Å²) in [4.78, 5) is 0. The second-order valence-corrected chi connectivity index (χ2v) is 6.39. The Kier molecular flexibility index (Phi) is 3.73. The summed E-state index contributed by atoms with van der Waals surface area (Å²) in [5.41, 5.74) is 0. The molecule has 0 aromatic rings. The first-order chi connectivity index (χ1) is 5.16. The van der Waals surface area contributed by atoms with Crippen LogP contribution in [0.1, 0.15) is 46.0 Å². The first-order valence-corrected chi connectivity index (χ1v) is 5.93. The molecule has 0 spiro atoms. The van der Waals surface area contributed by atoms with Crippen molar-refractivity contribution in [3.8, 4) is 0 Å². The first kappa shape index (κ1) is 9.88. The van der Waals surface area contributed by atoms with Gasteiger partial charge in [0.25, 0.3) is 0 Å². The maximum absolute atomic E-state index is 2.71. The lowest BCUT2D eigenvalue weighted by Crippen LogP contribution is -2.34. The Morgan fingerprint density at radius 3 is 2.91 bits per heavy atom. The van der Waals surface area contributed by atoms with Gasteiger partial charge in [-0.15, -0.1) is 0 Å². The minimum Gasteiger partial charge on any atom is -0.0883 e. The predicted molar refractivity (Wildman–Crippen MR) is 62.1 cm³/mol. The molecule has 2 heteroatoms. The van der Waals surface area contributed by atoms with Crippen molar-refractivity contribution in [2.24, 2.45) is 0 Å². The zero-order chi connectivity index (χ0) is 8.32. The van der Waals surface area contributed by atoms with Crippen molar-refractivity contribution >= 4 is 29.9 Å². The van der Waals surface area contributed by atoms with Crippen LogP contribution >= 0.6 is 22.6 Å². The van der Waals surface area contributed by atoms with E-state index in [1.807, 2.05) is 0 Å². The third kappa shape index (κ3) is 2.96. The predicted octanol–water partition coefficient (Wildman–Crippen LogP) is 3.35. The van der Waals surface area contributed by atoms with Gasteiger partial charge in [0, 0.05) is 0 Å². The van der Waals surface area contributed by atoms with Crippen LogP contribution in [0.2, 0.25) is 5.82 Å². The quantitative estimate of drug-likeness (QED) is 0.407. The van der Waals surface area contributed by atoms with E-state index < -0.39 is 0 Å². The van der Waals surface area contributed by atoms with Gasteiger partial charge in [-0.1, -0.05) is 61.5 Å². The lowest BCUT2D eigenvalue weighted by atomic mass is 9.48. The summed E-state index contributed by atoms with van der Waals surface area (Å²) in [6, 6.07) is 0. The summed E-state index contributed by atoms with van der Waals surface area (Å²) in [7, 11) is 1.46.